The zero-order chi connectivity index (χ0) is 9.61. The first-order valence-electron chi connectivity index (χ1n) is 4.38. The third-order valence-corrected chi connectivity index (χ3v) is 1.86. The van der Waals surface area contributed by atoms with E-state index < -0.39 is 0 Å². The van der Waals surface area contributed by atoms with Gasteiger partial charge in [0.05, 0.1) is 18.3 Å². The van der Waals surface area contributed by atoms with Gasteiger partial charge in [0.2, 0.25) is 0 Å². The molecular formula is C9H21NO2. The number of ether oxygens (including phenoxy) is 2. The lowest BCUT2D eigenvalue weighted by atomic mass is 10.1. The molecule has 1 unspecified atom stereocenters. The Morgan fingerprint density at radius 2 is 2.00 bits per heavy atom. The quantitative estimate of drug-likeness (QED) is 0.659. The van der Waals surface area contributed by atoms with Crippen molar-refractivity contribution in [2.24, 2.45) is 5.73 Å². The minimum Gasteiger partial charge on any atom is -0.379 e. The Labute approximate surface area is 75.2 Å². The van der Waals surface area contributed by atoms with Gasteiger partial charge < -0.3 is 15.2 Å². The minimum absolute atomic E-state index is 0.123. The van der Waals surface area contributed by atoms with E-state index in [4.69, 9.17) is 15.2 Å². The van der Waals surface area contributed by atoms with E-state index in [0.29, 0.717) is 13.2 Å². The van der Waals surface area contributed by atoms with Crippen molar-refractivity contribution in [1.29, 1.82) is 0 Å². The predicted octanol–water partition coefficient (Wildman–Crippen LogP) is 1.17. The van der Waals surface area contributed by atoms with E-state index in [1.807, 2.05) is 20.8 Å². The molecule has 0 aromatic carbocycles. The molecule has 1 atom stereocenters. The van der Waals surface area contributed by atoms with Gasteiger partial charge in [-0.25, -0.2) is 0 Å². The van der Waals surface area contributed by atoms with Gasteiger partial charge >= 0.3 is 0 Å². The Balaban J connectivity index is 3.59. The molecule has 0 aliphatic carbocycles. The molecule has 0 saturated heterocycles. The summed E-state index contributed by atoms with van der Waals surface area (Å²) in [5.41, 5.74) is 5.32. The van der Waals surface area contributed by atoms with E-state index in [9.17, 15) is 0 Å². The molecule has 0 rings (SSSR count). The summed E-state index contributed by atoms with van der Waals surface area (Å²) in [5, 5.41) is 0. The Morgan fingerprint density at radius 3 is 2.42 bits per heavy atom. The molecule has 0 spiro atoms. The molecule has 0 aliphatic rings. The van der Waals surface area contributed by atoms with Gasteiger partial charge in [-0.3, -0.25) is 0 Å². The highest BCUT2D eigenvalue weighted by Gasteiger charge is 2.17. The molecule has 2 N–H and O–H groups in total. The van der Waals surface area contributed by atoms with Gasteiger partial charge in [-0.1, -0.05) is 0 Å². The van der Waals surface area contributed by atoms with E-state index in [0.717, 1.165) is 6.42 Å². The summed E-state index contributed by atoms with van der Waals surface area (Å²) in [5.74, 6) is 0. The van der Waals surface area contributed by atoms with E-state index in [-0.39, 0.29) is 11.7 Å². The molecular weight excluding hydrogens is 154 g/mol. The smallest absolute Gasteiger partial charge is 0.0776 e. The molecule has 0 radical (unpaired) electrons. The summed E-state index contributed by atoms with van der Waals surface area (Å²) < 4.78 is 10.7. The van der Waals surface area contributed by atoms with Crippen molar-refractivity contribution in [2.45, 2.75) is 38.9 Å². The second-order valence-electron chi connectivity index (χ2n) is 3.66. The third-order valence-electron chi connectivity index (χ3n) is 1.86. The molecule has 0 aliphatic heterocycles. The van der Waals surface area contributed by atoms with Crippen LogP contribution in [0, 0.1) is 0 Å². The van der Waals surface area contributed by atoms with Gasteiger partial charge in [0, 0.05) is 7.11 Å². The fraction of sp³-hybridized carbons (Fsp3) is 1.00. The molecule has 0 bridgehead atoms. The first-order valence-corrected chi connectivity index (χ1v) is 4.38. The molecule has 3 nitrogen and oxygen atoms in total. The fourth-order valence-corrected chi connectivity index (χ4v) is 0.831. The Morgan fingerprint density at radius 1 is 1.42 bits per heavy atom. The average molecular weight is 175 g/mol. The van der Waals surface area contributed by atoms with Gasteiger partial charge in [0.25, 0.3) is 0 Å². The number of methoxy groups -OCH3 is 1. The summed E-state index contributed by atoms with van der Waals surface area (Å²) in [6.07, 6.45) is 1.03. The first kappa shape index (κ1) is 11.9. The van der Waals surface area contributed by atoms with Gasteiger partial charge in [0.15, 0.2) is 0 Å². The monoisotopic (exact) mass is 175 g/mol. The standard InChI is InChI=1S/C9H21NO2/c1-8(11-4)7-12-9(2,3)5-6-10/h8H,5-7,10H2,1-4H3. The summed E-state index contributed by atoms with van der Waals surface area (Å²) >= 11 is 0. The van der Waals surface area contributed by atoms with Gasteiger partial charge in [0.1, 0.15) is 0 Å². The van der Waals surface area contributed by atoms with Crippen LogP contribution in [-0.4, -0.2) is 32.0 Å². The zero-order valence-corrected chi connectivity index (χ0v) is 8.59. The van der Waals surface area contributed by atoms with Crippen molar-refractivity contribution < 1.29 is 9.47 Å². The van der Waals surface area contributed by atoms with Crippen LogP contribution in [0.25, 0.3) is 0 Å². The molecule has 0 aromatic heterocycles. The summed E-state index contributed by atoms with van der Waals surface area (Å²) in [4.78, 5) is 0. The lowest BCUT2D eigenvalue weighted by Gasteiger charge is -2.26. The molecule has 12 heavy (non-hydrogen) atoms. The van der Waals surface area contributed by atoms with E-state index >= 15 is 0 Å². The van der Waals surface area contributed by atoms with Gasteiger partial charge in [-0.05, 0) is 33.7 Å². The molecule has 0 heterocycles. The lowest BCUT2D eigenvalue weighted by molar-refractivity contribution is -0.0671. The van der Waals surface area contributed by atoms with Crippen LogP contribution in [0.15, 0.2) is 0 Å². The highest BCUT2D eigenvalue weighted by atomic mass is 16.5. The average Bonchev–Trinajstić information content (AvgIpc) is 2.00. The van der Waals surface area contributed by atoms with Crippen LogP contribution in [0.4, 0.5) is 0 Å². The van der Waals surface area contributed by atoms with Crippen molar-refractivity contribution in [1.82, 2.24) is 0 Å². The predicted molar refractivity (Wildman–Crippen MR) is 50.2 cm³/mol. The first-order chi connectivity index (χ1) is 5.52. The van der Waals surface area contributed by atoms with Crippen molar-refractivity contribution in [2.75, 3.05) is 20.3 Å². The molecule has 0 aromatic rings. The van der Waals surface area contributed by atoms with Crippen molar-refractivity contribution in [3.05, 3.63) is 0 Å². The molecule has 0 fully saturated rings. The van der Waals surface area contributed by atoms with Crippen LogP contribution < -0.4 is 5.73 Å². The van der Waals surface area contributed by atoms with Crippen LogP contribution in [-0.2, 0) is 9.47 Å². The number of nitrogens with two attached hydrogens (primary N) is 1. The molecule has 0 amide bonds. The van der Waals surface area contributed by atoms with Crippen LogP contribution in [0.1, 0.15) is 27.2 Å². The summed E-state index contributed by atoms with van der Waals surface area (Å²) in [7, 11) is 1.68. The number of hydrogen-bond acceptors (Lipinski definition) is 3. The second-order valence-corrected chi connectivity index (χ2v) is 3.66. The number of rotatable bonds is 6. The highest BCUT2D eigenvalue weighted by molar-refractivity contribution is 4.69. The maximum atomic E-state index is 5.62. The maximum Gasteiger partial charge on any atom is 0.0776 e. The highest BCUT2D eigenvalue weighted by Crippen LogP contribution is 2.13. The van der Waals surface area contributed by atoms with Crippen LogP contribution in [0.2, 0.25) is 0 Å². The van der Waals surface area contributed by atoms with Crippen LogP contribution >= 0.6 is 0 Å². The second kappa shape index (κ2) is 5.51. The lowest BCUT2D eigenvalue weighted by Crippen LogP contribution is -2.31. The van der Waals surface area contributed by atoms with E-state index in [2.05, 4.69) is 0 Å². The Bertz CT molecular complexity index is 115. The Kier molecular flexibility index (Phi) is 5.46. The van der Waals surface area contributed by atoms with Crippen molar-refractivity contribution >= 4 is 0 Å². The SMILES string of the molecule is COC(C)COC(C)(C)CCN. The molecule has 0 saturated carbocycles. The summed E-state index contributed by atoms with van der Waals surface area (Å²) in [6.45, 7) is 7.36. The summed E-state index contributed by atoms with van der Waals surface area (Å²) in [6, 6.07) is 0. The zero-order valence-electron chi connectivity index (χ0n) is 8.59. The minimum atomic E-state index is -0.123. The normalized spacial score (nSPS) is 14.8. The van der Waals surface area contributed by atoms with Crippen LogP contribution in [0.3, 0.4) is 0 Å². The van der Waals surface area contributed by atoms with Crippen LogP contribution in [0.5, 0.6) is 0 Å². The van der Waals surface area contributed by atoms with Gasteiger partial charge in [-0.15, -0.1) is 0 Å². The van der Waals surface area contributed by atoms with Crippen molar-refractivity contribution in [3.63, 3.8) is 0 Å². The van der Waals surface area contributed by atoms with Gasteiger partial charge in [-0.2, -0.15) is 0 Å². The van der Waals surface area contributed by atoms with Crippen molar-refractivity contribution in [3.8, 4) is 0 Å². The number of hydrogen-bond donors (Lipinski definition) is 1. The molecule has 3 heteroatoms. The fourth-order valence-electron chi connectivity index (χ4n) is 0.831. The molecule has 74 valence electrons. The third kappa shape index (κ3) is 5.52. The topological polar surface area (TPSA) is 44.5 Å². The largest absolute Gasteiger partial charge is 0.379 e. The Hall–Kier alpha value is -0.120. The van der Waals surface area contributed by atoms with E-state index in [1.54, 1.807) is 7.11 Å². The van der Waals surface area contributed by atoms with E-state index in [1.165, 1.54) is 0 Å². The maximum absolute atomic E-state index is 5.62.